The van der Waals surface area contributed by atoms with Crippen LogP contribution in [0.15, 0.2) is 24.3 Å². The van der Waals surface area contributed by atoms with E-state index in [0.29, 0.717) is 43.4 Å². The summed E-state index contributed by atoms with van der Waals surface area (Å²) < 4.78 is 5.25. The van der Waals surface area contributed by atoms with Crippen molar-refractivity contribution in [2.24, 2.45) is 5.92 Å². The maximum atomic E-state index is 12.5. The van der Waals surface area contributed by atoms with Crippen LogP contribution in [0.5, 0.6) is 0 Å². The van der Waals surface area contributed by atoms with Crippen LogP contribution in [0.2, 0.25) is 5.02 Å². The second kappa shape index (κ2) is 9.64. The number of amides is 2. The lowest BCUT2D eigenvalue weighted by atomic mass is 9.96. The molecule has 0 aliphatic carbocycles. The van der Waals surface area contributed by atoms with Crippen molar-refractivity contribution in [2.75, 3.05) is 32.8 Å². The van der Waals surface area contributed by atoms with Crippen molar-refractivity contribution in [1.29, 1.82) is 0 Å². The molecule has 6 heteroatoms. The third kappa shape index (κ3) is 5.49. The van der Waals surface area contributed by atoms with E-state index >= 15 is 0 Å². The predicted octanol–water partition coefficient (Wildman–Crippen LogP) is 2.74. The van der Waals surface area contributed by atoms with Crippen LogP contribution in [-0.4, -0.2) is 49.6 Å². The van der Waals surface area contributed by atoms with Crippen molar-refractivity contribution < 1.29 is 14.3 Å². The van der Waals surface area contributed by atoms with Crippen LogP contribution in [0, 0.1) is 5.92 Å². The van der Waals surface area contributed by atoms with Gasteiger partial charge in [0.25, 0.3) is 5.91 Å². The van der Waals surface area contributed by atoms with Gasteiger partial charge in [-0.15, -0.1) is 0 Å². The van der Waals surface area contributed by atoms with Gasteiger partial charge in [0.15, 0.2) is 0 Å². The van der Waals surface area contributed by atoms with Gasteiger partial charge in [0, 0.05) is 43.4 Å². The molecule has 1 unspecified atom stereocenters. The summed E-state index contributed by atoms with van der Waals surface area (Å²) in [5, 5.41) is 3.55. The standard InChI is InChI=1S/C18H25ClN2O3/c1-2-24-12-4-10-20-17(22)15-5-3-11-21(13-15)18(23)14-6-8-16(19)9-7-14/h6-9,15H,2-5,10-13H2,1H3,(H,20,22). The zero-order valence-electron chi connectivity index (χ0n) is 14.1. The smallest absolute Gasteiger partial charge is 0.253 e. The number of hydrogen-bond donors (Lipinski definition) is 1. The van der Waals surface area contributed by atoms with Crippen molar-refractivity contribution in [2.45, 2.75) is 26.2 Å². The lowest BCUT2D eigenvalue weighted by molar-refractivity contribution is -0.126. The lowest BCUT2D eigenvalue weighted by Gasteiger charge is -2.32. The molecule has 132 valence electrons. The van der Waals surface area contributed by atoms with Crippen molar-refractivity contribution >= 4 is 23.4 Å². The van der Waals surface area contributed by atoms with Crippen LogP contribution in [0.3, 0.4) is 0 Å². The third-order valence-electron chi connectivity index (χ3n) is 4.14. The Balaban J connectivity index is 1.83. The van der Waals surface area contributed by atoms with E-state index in [2.05, 4.69) is 5.32 Å². The summed E-state index contributed by atoms with van der Waals surface area (Å²) in [6.45, 7) is 5.07. The minimum atomic E-state index is -0.137. The van der Waals surface area contributed by atoms with Gasteiger partial charge in [-0.05, 0) is 50.5 Å². The number of likely N-dealkylation sites (tertiary alicyclic amines) is 1. The Hall–Kier alpha value is -1.59. The number of piperidine rings is 1. The summed E-state index contributed by atoms with van der Waals surface area (Å²) in [7, 11) is 0. The largest absolute Gasteiger partial charge is 0.382 e. The first-order valence-electron chi connectivity index (χ1n) is 8.52. The quantitative estimate of drug-likeness (QED) is 0.767. The molecule has 0 spiro atoms. The maximum Gasteiger partial charge on any atom is 0.253 e. The minimum absolute atomic E-state index is 0.0279. The Labute approximate surface area is 148 Å². The molecule has 1 aromatic carbocycles. The van der Waals surface area contributed by atoms with E-state index in [4.69, 9.17) is 16.3 Å². The second-order valence-corrected chi connectivity index (χ2v) is 6.38. The van der Waals surface area contributed by atoms with Gasteiger partial charge in [-0.25, -0.2) is 0 Å². The van der Waals surface area contributed by atoms with Crippen molar-refractivity contribution in [3.63, 3.8) is 0 Å². The molecule has 0 saturated carbocycles. The summed E-state index contributed by atoms with van der Waals surface area (Å²) >= 11 is 5.86. The van der Waals surface area contributed by atoms with Gasteiger partial charge in [-0.3, -0.25) is 9.59 Å². The highest BCUT2D eigenvalue weighted by atomic mass is 35.5. The van der Waals surface area contributed by atoms with Crippen molar-refractivity contribution in [1.82, 2.24) is 10.2 Å². The molecule has 1 N–H and O–H groups in total. The molecule has 1 aromatic rings. The number of hydrogen-bond acceptors (Lipinski definition) is 3. The van der Waals surface area contributed by atoms with Gasteiger partial charge in [0.1, 0.15) is 0 Å². The van der Waals surface area contributed by atoms with Crippen LogP contribution in [0.4, 0.5) is 0 Å². The molecular formula is C18H25ClN2O3. The molecule has 1 saturated heterocycles. The van der Waals surface area contributed by atoms with E-state index in [1.54, 1.807) is 29.2 Å². The number of carbonyl (C=O) groups is 2. The van der Waals surface area contributed by atoms with E-state index < -0.39 is 0 Å². The third-order valence-corrected chi connectivity index (χ3v) is 4.39. The number of ether oxygens (including phenoxy) is 1. The Kier molecular flexibility index (Phi) is 7.53. The van der Waals surface area contributed by atoms with Gasteiger partial charge < -0.3 is 15.0 Å². The SMILES string of the molecule is CCOCCCNC(=O)C1CCCN(C(=O)c2ccc(Cl)cc2)C1. The van der Waals surface area contributed by atoms with Crippen LogP contribution >= 0.6 is 11.6 Å². The number of carbonyl (C=O) groups excluding carboxylic acids is 2. The molecule has 1 fully saturated rings. The fourth-order valence-electron chi connectivity index (χ4n) is 2.83. The van der Waals surface area contributed by atoms with Gasteiger partial charge in [0.2, 0.25) is 5.91 Å². The summed E-state index contributed by atoms with van der Waals surface area (Å²) in [5.41, 5.74) is 0.608. The molecule has 0 bridgehead atoms. The molecule has 1 heterocycles. The summed E-state index contributed by atoms with van der Waals surface area (Å²) in [6, 6.07) is 6.87. The molecule has 1 aliphatic rings. The predicted molar refractivity (Wildman–Crippen MR) is 94.2 cm³/mol. The van der Waals surface area contributed by atoms with Crippen LogP contribution in [0.1, 0.15) is 36.5 Å². The zero-order valence-corrected chi connectivity index (χ0v) is 14.8. The lowest BCUT2D eigenvalue weighted by Crippen LogP contribution is -2.45. The molecule has 24 heavy (non-hydrogen) atoms. The molecule has 1 aliphatic heterocycles. The topological polar surface area (TPSA) is 58.6 Å². The molecule has 1 atom stereocenters. The average Bonchev–Trinajstić information content (AvgIpc) is 2.61. The van der Waals surface area contributed by atoms with Crippen LogP contribution in [-0.2, 0) is 9.53 Å². The summed E-state index contributed by atoms with van der Waals surface area (Å²) in [5.74, 6) is -0.150. The monoisotopic (exact) mass is 352 g/mol. The summed E-state index contributed by atoms with van der Waals surface area (Å²) in [4.78, 5) is 26.6. The summed E-state index contributed by atoms with van der Waals surface area (Å²) in [6.07, 6.45) is 2.47. The van der Waals surface area contributed by atoms with E-state index in [9.17, 15) is 9.59 Å². The number of nitrogens with zero attached hydrogens (tertiary/aromatic N) is 1. The molecule has 0 aromatic heterocycles. The fourth-order valence-corrected chi connectivity index (χ4v) is 2.95. The Bertz CT molecular complexity index is 548. The van der Waals surface area contributed by atoms with Gasteiger partial charge in [0.05, 0.1) is 5.92 Å². The Morgan fingerprint density at radius 3 is 2.79 bits per heavy atom. The van der Waals surface area contributed by atoms with Crippen molar-refractivity contribution in [3.8, 4) is 0 Å². The molecule has 5 nitrogen and oxygen atoms in total. The highest BCUT2D eigenvalue weighted by molar-refractivity contribution is 6.30. The van der Waals surface area contributed by atoms with E-state index in [1.807, 2.05) is 6.92 Å². The van der Waals surface area contributed by atoms with Crippen LogP contribution in [0.25, 0.3) is 0 Å². The molecule has 2 amide bonds. The zero-order chi connectivity index (χ0) is 17.4. The normalized spacial score (nSPS) is 17.6. The van der Waals surface area contributed by atoms with Gasteiger partial charge in [-0.2, -0.15) is 0 Å². The Morgan fingerprint density at radius 1 is 1.33 bits per heavy atom. The average molecular weight is 353 g/mol. The van der Waals surface area contributed by atoms with E-state index in [-0.39, 0.29) is 17.7 Å². The van der Waals surface area contributed by atoms with Crippen LogP contribution < -0.4 is 5.32 Å². The Morgan fingerprint density at radius 2 is 2.08 bits per heavy atom. The highest BCUT2D eigenvalue weighted by Gasteiger charge is 2.28. The fraction of sp³-hybridized carbons (Fsp3) is 0.556. The first kappa shape index (κ1) is 18.7. The number of nitrogens with one attached hydrogen (secondary N) is 1. The van der Waals surface area contributed by atoms with E-state index in [1.165, 1.54) is 0 Å². The van der Waals surface area contributed by atoms with Crippen molar-refractivity contribution in [3.05, 3.63) is 34.9 Å². The minimum Gasteiger partial charge on any atom is -0.382 e. The maximum absolute atomic E-state index is 12.5. The number of rotatable bonds is 7. The molecular weight excluding hydrogens is 328 g/mol. The number of benzene rings is 1. The van der Waals surface area contributed by atoms with Gasteiger partial charge in [-0.1, -0.05) is 11.6 Å². The van der Waals surface area contributed by atoms with Gasteiger partial charge >= 0.3 is 0 Å². The highest BCUT2D eigenvalue weighted by Crippen LogP contribution is 2.19. The number of halogens is 1. The molecule has 2 rings (SSSR count). The van der Waals surface area contributed by atoms with E-state index in [0.717, 1.165) is 19.3 Å². The first-order chi connectivity index (χ1) is 11.6. The second-order valence-electron chi connectivity index (χ2n) is 5.94. The molecule has 0 radical (unpaired) electrons. The first-order valence-corrected chi connectivity index (χ1v) is 8.90.